The smallest absolute Gasteiger partial charge is 0.418 e. The number of para-hydroxylation sites is 1. The number of ether oxygens (including phenoxy) is 1. The molecule has 3 rings (SSSR count). The number of hydrogen-bond donors (Lipinski definition) is 2. The van der Waals surface area contributed by atoms with E-state index in [2.05, 4.69) is 10.4 Å². The Morgan fingerprint density at radius 3 is 2.84 bits per heavy atom. The molecule has 1 fully saturated rings. The summed E-state index contributed by atoms with van der Waals surface area (Å²) < 4.78 is 45.5. The molecule has 1 saturated heterocycles. The largest absolute Gasteiger partial charge is 0.504 e. The van der Waals surface area contributed by atoms with Crippen LogP contribution in [0.4, 0.5) is 13.2 Å². The van der Waals surface area contributed by atoms with Crippen molar-refractivity contribution < 1.29 is 27.8 Å². The summed E-state index contributed by atoms with van der Waals surface area (Å²) in [5, 5.41) is 16.3. The second kappa shape index (κ2) is 6.75. The van der Waals surface area contributed by atoms with Crippen LogP contribution in [0, 0.1) is 0 Å². The van der Waals surface area contributed by atoms with E-state index in [0.29, 0.717) is 6.61 Å². The van der Waals surface area contributed by atoms with E-state index in [9.17, 15) is 23.1 Å². The highest BCUT2D eigenvalue weighted by Crippen LogP contribution is 2.34. The Labute approximate surface area is 141 Å². The van der Waals surface area contributed by atoms with Gasteiger partial charge in [-0.15, -0.1) is 0 Å². The number of aromatic hydroxyl groups is 1. The monoisotopic (exact) mass is 355 g/mol. The van der Waals surface area contributed by atoms with Crippen LogP contribution in [0.2, 0.25) is 0 Å². The number of aromatic nitrogens is 2. The van der Waals surface area contributed by atoms with Crippen LogP contribution in [0.15, 0.2) is 30.5 Å². The van der Waals surface area contributed by atoms with Crippen LogP contribution in [0.1, 0.15) is 28.9 Å². The zero-order chi connectivity index (χ0) is 18.0. The molecule has 1 aliphatic rings. The van der Waals surface area contributed by atoms with Gasteiger partial charge in [-0.25, -0.2) is 4.68 Å². The van der Waals surface area contributed by atoms with E-state index >= 15 is 0 Å². The summed E-state index contributed by atoms with van der Waals surface area (Å²) in [4.78, 5) is 12.1. The van der Waals surface area contributed by atoms with Crippen molar-refractivity contribution in [1.29, 1.82) is 0 Å². The van der Waals surface area contributed by atoms with Crippen molar-refractivity contribution in [3.8, 4) is 11.4 Å². The van der Waals surface area contributed by atoms with Crippen LogP contribution < -0.4 is 5.32 Å². The van der Waals surface area contributed by atoms with E-state index in [-0.39, 0.29) is 24.0 Å². The molecular formula is C16H16F3N3O3. The Kier molecular flexibility index (Phi) is 4.67. The van der Waals surface area contributed by atoms with Gasteiger partial charge in [0, 0.05) is 13.2 Å². The van der Waals surface area contributed by atoms with Crippen molar-refractivity contribution in [2.45, 2.75) is 25.1 Å². The summed E-state index contributed by atoms with van der Waals surface area (Å²) in [5.41, 5.74) is -1.53. The number of benzene rings is 1. The molecule has 1 aromatic heterocycles. The molecule has 2 heterocycles. The average Bonchev–Trinajstić information content (AvgIpc) is 3.21. The number of amides is 1. The van der Waals surface area contributed by atoms with Crippen LogP contribution in [0.25, 0.3) is 5.69 Å². The lowest BCUT2D eigenvalue weighted by molar-refractivity contribution is -0.137. The van der Waals surface area contributed by atoms with Crippen LogP contribution in [-0.2, 0) is 10.9 Å². The Morgan fingerprint density at radius 2 is 2.16 bits per heavy atom. The summed E-state index contributed by atoms with van der Waals surface area (Å²) in [6, 6.07) is 4.79. The first kappa shape index (κ1) is 17.3. The number of hydrogen-bond acceptors (Lipinski definition) is 4. The molecule has 0 aliphatic carbocycles. The van der Waals surface area contributed by atoms with E-state index in [0.717, 1.165) is 29.8 Å². The molecule has 1 aromatic carbocycles. The lowest BCUT2D eigenvalue weighted by Crippen LogP contribution is -2.32. The fourth-order valence-corrected chi connectivity index (χ4v) is 2.66. The fraction of sp³-hybridized carbons (Fsp3) is 0.375. The molecule has 0 radical (unpaired) electrons. The van der Waals surface area contributed by atoms with E-state index < -0.39 is 23.4 Å². The van der Waals surface area contributed by atoms with Gasteiger partial charge in [0.1, 0.15) is 0 Å². The first-order valence-electron chi connectivity index (χ1n) is 7.71. The first-order chi connectivity index (χ1) is 11.9. The molecule has 2 aromatic rings. The molecule has 1 aliphatic heterocycles. The van der Waals surface area contributed by atoms with Crippen LogP contribution in [0.3, 0.4) is 0 Å². The predicted octanol–water partition coefficient (Wildman–Crippen LogP) is 2.51. The van der Waals surface area contributed by atoms with Crippen molar-refractivity contribution >= 4 is 5.91 Å². The van der Waals surface area contributed by atoms with Gasteiger partial charge in [-0.3, -0.25) is 4.79 Å². The summed E-state index contributed by atoms with van der Waals surface area (Å²) in [6.07, 6.45) is -1.97. The standard InChI is InChI=1S/C16H16F3N3O3/c17-16(18,19)11-5-1-2-6-12(11)22-9-13(23)14(21-22)15(24)20-8-10-4-3-7-25-10/h1-2,5-6,9-10,23H,3-4,7-8H2,(H,20,24). The summed E-state index contributed by atoms with van der Waals surface area (Å²) in [5.74, 6) is -1.17. The molecule has 2 N–H and O–H groups in total. The molecule has 0 bridgehead atoms. The first-order valence-corrected chi connectivity index (χ1v) is 7.71. The van der Waals surface area contributed by atoms with Gasteiger partial charge < -0.3 is 15.2 Å². The van der Waals surface area contributed by atoms with Gasteiger partial charge in [-0.05, 0) is 25.0 Å². The molecule has 25 heavy (non-hydrogen) atoms. The van der Waals surface area contributed by atoms with Gasteiger partial charge in [0.15, 0.2) is 11.4 Å². The Balaban J connectivity index is 1.82. The van der Waals surface area contributed by atoms with Crippen LogP contribution in [0.5, 0.6) is 5.75 Å². The minimum absolute atomic E-state index is 0.0980. The number of carbonyl (C=O) groups excluding carboxylic acids is 1. The summed E-state index contributed by atoms with van der Waals surface area (Å²) in [6.45, 7) is 0.888. The number of nitrogens with one attached hydrogen (secondary N) is 1. The molecule has 1 atom stereocenters. The SMILES string of the molecule is O=C(NCC1CCCO1)c1nn(-c2ccccc2C(F)(F)F)cc1O. The third-order valence-corrected chi connectivity index (χ3v) is 3.88. The zero-order valence-electron chi connectivity index (χ0n) is 13.1. The Morgan fingerprint density at radius 1 is 1.40 bits per heavy atom. The van der Waals surface area contributed by atoms with Crippen molar-refractivity contribution in [3.63, 3.8) is 0 Å². The highest BCUT2D eigenvalue weighted by atomic mass is 19.4. The maximum Gasteiger partial charge on any atom is 0.418 e. The van der Waals surface area contributed by atoms with Crippen LogP contribution in [-0.4, -0.2) is 40.0 Å². The normalized spacial score (nSPS) is 17.6. The molecular weight excluding hydrogens is 339 g/mol. The maximum absolute atomic E-state index is 13.1. The highest BCUT2D eigenvalue weighted by molar-refractivity contribution is 5.94. The predicted molar refractivity (Wildman–Crippen MR) is 81.5 cm³/mol. The molecule has 0 spiro atoms. The molecule has 0 saturated carbocycles. The van der Waals surface area contributed by atoms with Gasteiger partial charge in [0.05, 0.1) is 23.6 Å². The zero-order valence-corrected chi connectivity index (χ0v) is 13.1. The Hall–Kier alpha value is -2.55. The lowest BCUT2D eigenvalue weighted by atomic mass is 10.2. The third kappa shape index (κ3) is 3.76. The molecule has 6 nitrogen and oxygen atoms in total. The van der Waals surface area contributed by atoms with E-state index in [1.165, 1.54) is 18.2 Å². The highest BCUT2D eigenvalue weighted by Gasteiger charge is 2.34. The van der Waals surface area contributed by atoms with Gasteiger partial charge in [0.2, 0.25) is 0 Å². The van der Waals surface area contributed by atoms with E-state index in [4.69, 9.17) is 4.74 Å². The second-order valence-electron chi connectivity index (χ2n) is 5.67. The van der Waals surface area contributed by atoms with Crippen molar-refractivity contribution in [2.75, 3.05) is 13.2 Å². The van der Waals surface area contributed by atoms with Crippen molar-refractivity contribution in [3.05, 3.63) is 41.7 Å². The van der Waals surface area contributed by atoms with Gasteiger partial charge in [-0.1, -0.05) is 12.1 Å². The average molecular weight is 355 g/mol. The minimum Gasteiger partial charge on any atom is -0.504 e. The third-order valence-electron chi connectivity index (χ3n) is 3.88. The number of halogens is 3. The van der Waals surface area contributed by atoms with E-state index in [1.54, 1.807) is 0 Å². The molecule has 1 unspecified atom stereocenters. The number of alkyl halides is 3. The summed E-state index contributed by atoms with van der Waals surface area (Å²) in [7, 11) is 0. The summed E-state index contributed by atoms with van der Waals surface area (Å²) >= 11 is 0. The fourth-order valence-electron chi connectivity index (χ4n) is 2.66. The van der Waals surface area contributed by atoms with Gasteiger partial charge >= 0.3 is 6.18 Å². The quantitative estimate of drug-likeness (QED) is 0.884. The number of nitrogens with zero attached hydrogens (tertiary/aromatic N) is 2. The topological polar surface area (TPSA) is 76.4 Å². The number of rotatable bonds is 4. The second-order valence-corrected chi connectivity index (χ2v) is 5.67. The Bertz CT molecular complexity index is 767. The van der Waals surface area contributed by atoms with E-state index in [1.807, 2.05) is 0 Å². The van der Waals surface area contributed by atoms with Crippen molar-refractivity contribution in [2.24, 2.45) is 0 Å². The van der Waals surface area contributed by atoms with Crippen LogP contribution >= 0.6 is 0 Å². The minimum atomic E-state index is -4.58. The maximum atomic E-state index is 13.1. The molecule has 1 amide bonds. The molecule has 134 valence electrons. The van der Waals surface area contributed by atoms with Gasteiger partial charge in [-0.2, -0.15) is 18.3 Å². The number of carbonyl (C=O) groups is 1. The van der Waals surface area contributed by atoms with Gasteiger partial charge in [0.25, 0.3) is 5.91 Å². The lowest BCUT2D eigenvalue weighted by Gasteiger charge is -2.12. The molecule has 9 heteroatoms. The van der Waals surface area contributed by atoms with Crippen molar-refractivity contribution in [1.82, 2.24) is 15.1 Å².